The van der Waals surface area contributed by atoms with Crippen LogP contribution in [-0.2, 0) is 4.08 Å². The van der Waals surface area contributed by atoms with E-state index >= 15 is 0 Å². The van der Waals surface area contributed by atoms with Crippen molar-refractivity contribution in [2.24, 2.45) is 0 Å². The molecule has 1 fully saturated rings. The Balaban J connectivity index is 2.26. The van der Waals surface area contributed by atoms with E-state index in [0.29, 0.717) is 0 Å². The summed E-state index contributed by atoms with van der Waals surface area (Å²) in [5.41, 5.74) is 1.35. The molecule has 0 aromatic heterocycles. The molecular formula is C13H18OS2. The van der Waals surface area contributed by atoms with E-state index in [2.05, 4.69) is 30.3 Å². The highest BCUT2D eigenvalue weighted by Crippen LogP contribution is 2.53. The molecule has 0 amide bonds. The average Bonchev–Trinajstić information content (AvgIpc) is 2.30. The molecule has 0 spiro atoms. The maximum Gasteiger partial charge on any atom is 0.0884 e. The minimum Gasteiger partial charge on any atom is -0.393 e. The summed E-state index contributed by atoms with van der Waals surface area (Å²) in [5, 5.41) is 9.70. The van der Waals surface area contributed by atoms with E-state index in [1.165, 1.54) is 23.5 Å². The van der Waals surface area contributed by atoms with Gasteiger partial charge in [-0.15, -0.1) is 23.5 Å². The molecule has 1 N–H and O–H groups in total. The Kier molecular flexibility index (Phi) is 4.22. The molecule has 1 aromatic carbocycles. The molecule has 0 radical (unpaired) electrons. The molecule has 1 nitrogen and oxygen atoms in total. The smallest absolute Gasteiger partial charge is 0.0884 e. The molecule has 1 saturated heterocycles. The normalized spacial score (nSPS) is 21.6. The van der Waals surface area contributed by atoms with Gasteiger partial charge < -0.3 is 5.11 Å². The third kappa shape index (κ3) is 2.76. The molecular weight excluding hydrogens is 236 g/mol. The van der Waals surface area contributed by atoms with E-state index in [1.807, 2.05) is 30.4 Å². The van der Waals surface area contributed by atoms with Crippen LogP contribution >= 0.6 is 23.5 Å². The van der Waals surface area contributed by atoms with Crippen molar-refractivity contribution >= 4 is 23.5 Å². The van der Waals surface area contributed by atoms with Crippen molar-refractivity contribution in [2.45, 2.75) is 29.9 Å². The van der Waals surface area contributed by atoms with E-state index in [9.17, 15) is 5.11 Å². The van der Waals surface area contributed by atoms with Gasteiger partial charge in [0.2, 0.25) is 0 Å². The van der Waals surface area contributed by atoms with E-state index < -0.39 is 0 Å². The zero-order chi connectivity index (χ0) is 11.4. The summed E-state index contributed by atoms with van der Waals surface area (Å²) in [6.07, 6.45) is 1.88. The predicted octanol–water partition coefficient (Wildman–Crippen LogP) is 3.48. The van der Waals surface area contributed by atoms with Crippen molar-refractivity contribution in [1.29, 1.82) is 0 Å². The number of benzene rings is 1. The second kappa shape index (κ2) is 5.48. The van der Waals surface area contributed by atoms with Gasteiger partial charge in [-0.25, -0.2) is 0 Å². The minimum absolute atomic E-state index is 0.0771. The van der Waals surface area contributed by atoms with Crippen LogP contribution in [0.1, 0.15) is 25.3 Å². The molecule has 88 valence electrons. The molecule has 0 saturated carbocycles. The summed E-state index contributed by atoms with van der Waals surface area (Å²) in [4.78, 5) is 0. The van der Waals surface area contributed by atoms with E-state index in [4.69, 9.17) is 0 Å². The lowest BCUT2D eigenvalue weighted by Crippen LogP contribution is -2.27. The maximum atomic E-state index is 9.70. The third-order valence-electron chi connectivity index (χ3n) is 2.74. The van der Waals surface area contributed by atoms with Crippen molar-refractivity contribution in [3.8, 4) is 0 Å². The van der Waals surface area contributed by atoms with Gasteiger partial charge in [-0.05, 0) is 30.4 Å². The molecule has 3 heteroatoms. The largest absolute Gasteiger partial charge is 0.393 e. The lowest BCUT2D eigenvalue weighted by atomic mass is 10.1. The summed E-state index contributed by atoms with van der Waals surface area (Å²) in [6, 6.07) is 10.6. The number of thioether (sulfide) groups is 2. The summed E-state index contributed by atoms with van der Waals surface area (Å²) in [7, 11) is 0. The first-order chi connectivity index (χ1) is 7.73. The van der Waals surface area contributed by atoms with Gasteiger partial charge in [0, 0.05) is 6.42 Å². The van der Waals surface area contributed by atoms with Gasteiger partial charge >= 0.3 is 0 Å². The SMILES string of the molecule is C[C@@H](O)CC1(c2ccccc2)SCCCS1. The van der Waals surface area contributed by atoms with Crippen molar-refractivity contribution < 1.29 is 5.11 Å². The molecule has 1 aromatic rings. The van der Waals surface area contributed by atoms with Gasteiger partial charge in [0.05, 0.1) is 10.2 Å². The molecule has 2 rings (SSSR count). The molecule has 0 bridgehead atoms. The third-order valence-corrected chi connectivity index (χ3v) is 6.17. The van der Waals surface area contributed by atoms with Crippen LogP contribution in [0.25, 0.3) is 0 Å². The van der Waals surface area contributed by atoms with Crippen molar-refractivity contribution in [3.63, 3.8) is 0 Å². The van der Waals surface area contributed by atoms with E-state index in [-0.39, 0.29) is 10.2 Å². The van der Waals surface area contributed by atoms with Crippen LogP contribution in [0.2, 0.25) is 0 Å². The van der Waals surface area contributed by atoms with E-state index in [1.54, 1.807) is 0 Å². The lowest BCUT2D eigenvalue weighted by molar-refractivity contribution is 0.180. The Morgan fingerprint density at radius 3 is 2.44 bits per heavy atom. The topological polar surface area (TPSA) is 20.2 Å². The lowest BCUT2D eigenvalue weighted by Gasteiger charge is -2.37. The van der Waals surface area contributed by atoms with E-state index in [0.717, 1.165) is 6.42 Å². The van der Waals surface area contributed by atoms with Crippen LogP contribution in [-0.4, -0.2) is 22.7 Å². The summed E-state index contributed by atoms with van der Waals surface area (Å²) < 4.78 is 0.0771. The Hall–Kier alpha value is -0.120. The fraction of sp³-hybridized carbons (Fsp3) is 0.538. The van der Waals surface area contributed by atoms with Crippen molar-refractivity contribution in [2.75, 3.05) is 11.5 Å². The van der Waals surface area contributed by atoms with Gasteiger partial charge in [0.15, 0.2) is 0 Å². The highest BCUT2D eigenvalue weighted by Gasteiger charge is 2.36. The predicted molar refractivity (Wildman–Crippen MR) is 74.0 cm³/mol. The Labute approximate surface area is 106 Å². The minimum atomic E-state index is -0.238. The molecule has 1 aliphatic rings. The number of aliphatic hydroxyl groups excluding tert-OH is 1. The Morgan fingerprint density at radius 2 is 1.88 bits per heavy atom. The first-order valence-electron chi connectivity index (χ1n) is 5.74. The van der Waals surface area contributed by atoms with Gasteiger partial charge in [0.25, 0.3) is 0 Å². The Morgan fingerprint density at radius 1 is 1.25 bits per heavy atom. The highest BCUT2D eigenvalue weighted by atomic mass is 32.2. The Bertz CT molecular complexity index is 318. The molecule has 16 heavy (non-hydrogen) atoms. The number of hydrogen-bond donors (Lipinski definition) is 1. The monoisotopic (exact) mass is 254 g/mol. The number of hydrogen-bond acceptors (Lipinski definition) is 3. The van der Waals surface area contributed by atoms with Crippen LogP contribution < -0.4 is 0 Å². The summed E-state index contributed by atoms with van der Waals surface area (Å²) in [6.45, 7) is 1.89. The van der Waals surface area contributed by atoms with Crippen LogP contribution in [0.3, 0.4) is 0 Å². The summed E-state index contributed by atoms with van der Waals surface area (Å²) in [5.74, 6) is 2.41. The molecule has 1 atom stereocenters. The first kappa shape index (κ1) is 12.3. The quantitative estimate of drug-likeness (QED) is 0.892. The summed E-state index contributed by atoms with van der Waals surface area (Å²) >= 11 is 3.99. The van der Waals surface area contributed by atoms with Crippen molar-refractivity contribution in [3.05, 3.63) is 35.9 Å². The van der Waals surface area contributed by atoms with Gasteiger partial charge in [0.1, 0.15) is 0 Å². The second-order valence-corrected chi connectivity index (χ2v) is 7.27. The van der Waals surface area contributed by atoms with Gasteiger partial charge in [-0.3, -0.25) is 0 Å². The molecule has 0 unspecified atom stereocenters. The highest BCUT2D eigenvalue weighted by molar-refractivity contribution is 8.18. The fourth-order valence-electron chi connectivity index (χ4n) is 2.06. The average molecular weight is 254 g/mol. The maximum absolute atomic E-state index is 9.70. The van der Waals surface area contributed by atoms with Crippen LogP contribution in [0.15, 0.2) is 30.3 Å². The van der Waals surface area contributed by atoms with Crippen LogP contribution in [0, 0.1) is 0 Å². The number of aliphatic hydroxyl groups is 1. The fourth-order valence-corrected chi connectivity index (χ4v) is 5.63. The van der Waals surface area contributed by atoms with Gasteiger partial charge in [-0.1, -0.05) is 30.3 Å². The number of rotatable bonds is 3. The molecule has 1 heterocycles. The standard InChI is InChI=1S/C13H18OS2/c1-11(14)10-13(15-8-5-9-16-13)12-6-3-2-4-7-12/h2-4,6-7,11,14H,5,8-10H2,1H3/t11-/m1/s1. The van der Waals surface area contributed by atoms with Crippen molar-refractivity contribution in [1.82, 2.24) is 0 Å². The second-order valence-electron chi connectivity index (χ2n) is 4.22. The van der Waals surface area contributed by atoms with Crippen LogP contribution in [0.4, 0.5) is 0 Å². The first-order valence-corrected chi connectivity index (χ1v) is 7.71. The molecule has 0 aliphatic carbocycles. The van der Waals surface area contributed by atoms with Crippen LogP contribution in [0.5, 0.6) is 0 Å². The molecule has 1 aliphatic heterocycles. The zero-order valence-corrected chi connectivity index (χ0v) is 11.2. The zero-order valence-electron chi connectivity index (χ0n) is 9.56. The van der Waals surface area contributed by atoms with Gasteiger partial charge in [-0.2, -0.15) is 0 Å².